The van der Waals surface area contributed by atoms with Gasteiger partial charge in [0.05, 0.1) is 10.6 Å². The molecule has 1 unspecified atom stereocenters. The zero-order chi connectivity index (χ0) is 17.1. The molecule has 0 spiro atoms. The molecule has 1 fully saturated rings. The van der Waals surface area contributed by atoms with E-state index < -0.39 is 5.97 Å². The lowest BCUT2D eigenvalue weighted by Gasteiger charge is -2.09. The van der Waals surface area contributed by atoms with Crippen LogP contribution in [0.3, 0.4) is 0 Å². The standard InChI is InChI=1S/C17H13ClN2O3S/c18-13-4-2-1-3-12(13)16(22)23-11-7-5-10(6-8-11)9-14-15(21)20-17(24)19-14/h1-8,14H,9H2,(H2,19,20,21,24). The number of esters is 1. The highest BCUT2D eigenvalue weighted by Crippen LogP contribution is 2.19. The number of hydrogen-bond donors (Lipinski definition) is 2. The molecule has 1 saturated heterocycles. The zero-order valence-corrected chi connectivity index (χ0v) is 14.0. The van der Waals surface area contributed by atoms with E-state index in [0.717, 1.165) is 5.56 Å². The van der Waals surface area contributed by atoms with Crippen LogP contribution in [0.15, 0.2) is 48.5 Å². The van der Waals surface area contributed by atoms with Gasteiger partial charge in [-0.15, -0.1) is 0 Å². The molecule has 0 radical (unpaired) electrons. The smallest absolute Gasteiger partial charge is 0.345 e. The van der Waals surface area contributed by atoms with Crippen LogP contribution in [0, 0.1) is 0 Å². The van der Waals surface area contributed by atoms with Gasteiger partial charge < -0.3 is 15.4 Å². The molecule has 5 nitrogen and oxygen atoms in total. The summed E-state index contributed by atoms with van der Waals surface area (Å²) in [6, 6.07) is 13.3. The van der Waals surface area contributed by atoms with E-state index in [1.54, 1.807) is 48.5 Å². The summed E-state index contributed by atoms with van der Waals surface area (Å²) in [6.45, 7) is 0. The number of halogens is 1. The third kappa shape index (κ3) is 3.72. The van der Waals surface area contributed by atoms with E-state index in [0.29, 0.717) is 27.9 Å². The van der Waals surface area contributed by atoms with Crippen molar-refractivity contribution in [2.75, 3.05) is 0 Å². The van der Waals surface area contributed by atoms with E-state index in [4.69, 9.17) is 28.6 Å². The fourth-order valence-corrected chi connectivity index (χ4v) is 2.78. The SMILES string of the molecule is O=C(Oc1ccc(CC2NC(=S)NC2=O)cc1)c1ccccc1Cl. The number of hydrogen-bond acceptors (Lipinski definition) is 4. The van der Waals surface area contributed by atoms with Gasteiger partial charge >= 0.3 is 5.97 Å². The molecule has 1 aliphatic rings. The monoisotopic (exact) mass is 360 g/mol. The average molecular weight is 361 g/mol. The third-order valence-corrected chi connectivity index (χ3v) is 4.08. The van der Waals surface area contributed by atoms with Gasteiger partial charge in [-0.3, -0.25) is 4.79 Å². The Bertz CT molecular complexity index is 808. The van der Waals surface area contributed by atoms with Crippen LogP contribution in [0.2, 0.25) is 5.02 Å². The van der Waals surface area contributed by atoms with Gasteiger partial charge in [-0.05, 0) is 42.0 Å². The summed E-state index contributed by atoms with van der Waals surface area (Å²) in [6.07, 6.45) is 0.491. The second-order valence-corrected chi connectivity index (χ2v) is 6.05. The minimum atomic E-state index is -0.518. The molecule has 0 aliphatic carbocycles. The molecule has 122 valence electrons. The first-order chi connectivity index (χ1) is 11.5. The Morgan fingerprint density at radius 3 is 2.50 bits per heavy atom. The van der Waals surface area contributed by atoms with Crippen LogP contribution in [0.25, 0.3) is 0 Å². The van der Waals surface area contributed by atoms with Crippen LogP contribution >= 0.6 is 23.8 Å². The lowest BCUT2D eigenvalue weighted by Crippen LogP contribution is -2.30. The molecular formula is C17H13ClN2O3S. The Labute approximate surface area is 149 Å². The third-order valence-electron chi connectivity index (χ3n) is 3.53. The minimum absolute atomic E-state index is 0.144. The van der Waals surface area contributed by atoms with Crippen LogP contribution in [0.1, 0.15) is 15.9 Å². The summed E-state index contributed by atoms with van der Waals surface area (Å²) in [7, 11) is 0. The first-order valence-corrected chi connectivity index (χ1v) is 7.98. The van der Waals surface area contributed by atoms with Crippen molar-refractivity contribution in [3.63, 3.8) is 0 Å². The summed E-state index contributed by atoms with van der Waals surface area (Å²) >= 11 is 10.9. The first kappa shape index (κ1) is 16.4. The Kier molecular flexibility index (Phi) is 4.78. The summed E-state index contributed by atoms with van der Waals surface area (Å²) in [4.78, 5) is 23.7. The number of amides is 1. The van der Waals surface area contributed by atoms with Gasteiger partial charge in [0.15, 0.2) is 5.11 Å². The van der Waals surface area contributed by atoms with Crippen molar-refractivity contribution in [2.45, 2.75) is 12.5 Å². The van der Waals surface area contributed by atoms with Crippen molar-refractivity contribution in [3.05, 3.63) is 64.7 Å². The zero-order valence-electron chi connectivity index (χ0n) is 12.4. The number of rotatable bonds is 4. The summed E-state index contributed by atoms with van der Waals surface area (Å²) < 4.78 is 5.31. The van der Waals surface area contributed by atoms with Gasteiger partial charge in [-0.2, -0.15) is 0 Å². The molecule has 0 aromatic heterocycles. The van der Waals surface area contributed by atoms with Gasteiger partial charge in [-0.25, -0.2) is 4.79 Å². The van der Waals surface area contributed by atoms with Crippen molar-refractivity contribution < 1.29 is 14.3 Å². The van der Waals surface area contributed by atoms with Crippen LogP contribution in [-0.4, -0.2) is 23.0 Å². The van der Waals surface area contributed by atoms with Gasteiger partial charge in [0, 0.05) is 6.42 Å². The highest BCUT2D eigenvalue weighted by atomic mass is 35.5. The van der Waals surface area contributed by atoms with Crippen LogP contribution < -0.4 is 15.4 Å². The van der Waals surface area contributed by atoms with Gasteiger partial charge in [0.2, 0.25) is 5.91 Å². The molecule has 1 atom stereocenters. The number of carbonyl (C=O) groups is 2. The van der Waals surface area contributed by atoms with Crippen molar-refractivity contribution in [1.29, 1.82) is 0 Å². The van der Waals surface area contributed by atoms with Gasteiger partial charge in [-0.1, -0.05) is 35.9 Å². The molecule has 2 aromatic rings. The summed E-state index contributed by atoms with van der Waals surface area (Å²) in [5.74, 6) is -0.257. The fraction of sp³-hybridized carbons (Fsp3) is 0.118. The molecule has 7 heteroatoms. The molecule has 2 N–H and O–H groups in total. The number of benzene rings is 2. The second kappa shape index (κ2) is 6.98. The van der Waals surface area contributed by atoms with E-state index in [9.17, 15) is 9.59 Å². The molecule has 2 aromatic carbocycles. The maximum atomic E-state index is 12.1. The van der Waals surface area contributed by atoms with Crippen LogP contribution in [0.5, 0.6) is 5.75 Å². The molecule has 1 aliphatic heterocycles. The molecule has 1 heterocycles. The summed E-state index contributed by atoms with van der Waals surface area (Å²) in [5, 5.41) is 6.13. The van der Waals surface area contributed by atoms with Crippen molar-refractivity contribution in [3.8, 4) is 5.75 Å². The second-order valence-electron chi connectivity index (χ2n) is 5.23. The maximum Gasteiger partial charge on any atom is 0.345 e. The van der Waals surface area contributed by atoms with Gasteiger partial charge in [0.25, 0.3) is 0 Å². The highest BCUT2D eigenvalue weighted by molar-refractivity contribution is 7.80. The van der Waals surface area contributed by atoms with E-state index in [1.165, 1.54) is 0 Å². The quantitative estimate of drug-likeness (QED) is 0.498. The first-order valence-electron chi connectivity index (χ1n) is 7.20. The van der Waals surface area contributed by atoms with E-state index in [1.807, 2.05) is 0 Å². The predicted octanol–water partition coefficient (Wildman–Crippen LogP) is 2.47. The number of nitrogens with one attached hydrogen (secondary N) is 2. The largest absolute Gasteiger partial charge is 0.423 e. The molecule has 3 rings (SSSR count). The Balaban J connectivity index is 1.64. The Morgan fingerprint density at radius 2 is 1.88 bits per heavy atom. The van der Waals surface area contributed by atoms with Crippen molar-refractivity contribution in [2.24, 2.45) is 0 Å². The molecule has 0 bridgehead atoms. The normalized spacial score (nSPS) is 16.5. The molecule has 0 saturated carbocycles. The average Bonchev–Trinajstić information content (AvgIpc) is 2.87. The van der Waals surface area contributed by atoms with Crippen LogP contribution in [0.4, 0.5) is 0 Å². The van der Waals surface area contributed by atoms with Crippen molar-refractivity contribution >= 4 is 40.8 Å². The Morgan fingerprint density at radius 1 is 1.17 bits per heavy atom. The highest BCUT2D eigenvalue weighted by Gasteiger charge is 2.26. The van der Waals surface area contributed by atoms with Crippen LogP contribution in [-0.2, 0) is 11.2 Å². The number of ether oxygens (including phenoxy) is 1. The number of carbonyl (C=O) groups excluding carboxylic acids is 2. The predicted molar refractivity (Wildman–Crippen MR) is 94.2 cm³/mol. The summed E-state index contributed by atoms with van der Waals surface area (Å²) in [5.41, 5.74) is 1.23. The van der Waals surface area contributed by atoms with E-state index in [2.05, 4.69) is 10.6 Å². The van der Waals surface area contributed by atoms with Crippen molar-refractivity contribution in [1.82, 2.24) is 10.6 Å². The molecular weight excluding hydrogens is 348 g/mol. The molecule has 24 heavy (non-hydrogen) atoms. The fourth-order valence-electron chi connectivity index (χ4n) is 2.32. The Hall–Kier alpha value is -2.44. The maximum absolute atomic E-state index is 12.1. The van der Waals surface area contributed by atoms with E-state index >= 15 is 0 Å². The minimum Gasteiger partial charge on any atom is -0.423 e. The topological polar surface area (TPSA) is 67.4 Å². The lowest BCUT2D eigenvalue weighted by atomic mass is 10.1. The van der Waals surface area contributed by atoms with Gasteiger partial charge in [0.1, 0.15) is 11.8 Å². The lowest BCUT2D eigenvalue weighted by molar-refractivity contribution is -0.120. The number of thiocarbonyl (C=S) groups is 1. The molecule has 1 amide bonds. The van der Waals surface area contributed by atoms with E-state index in [-0.39, 0.29) is 11.9 Å².